The second-order valence-corrected chi connectivity index (χ2v) is 4.78. The van der Waals surface area contributed by atoms with E-state index in [1.54, 1.807) is 14.2 Å². The van der Waals surface area contributed by atoms with E-state index in [9.17, 15) is 4.79 Å². The number of ether oxygens (including phenoxy) is 3. The number of esters is 1. The number of hydrogen-bond acceptors (Lipinski definition) is 4. The quantitative estimate of drug-likeness (QED) is 0.581. The van der Waals surface area contributed by atoms with E-state index in [1.807, 2.05) is 29.0 Å². The molecule has 21 heavy (non-hydrogen) atoms. The average Bonchev–Trinajstić information content (AvgIpc) is 2.89. The maximum absolute atomic E-state index is 11.8. The summed E-state index contributed by atoms with van der Waals surface area (Å²) in [6.45, 7) is 2.72. The van der Waals surface area contributed by atoms with Gasteiger partial charge in [-0.15, -0.1) is 0 Å². The van der Waals surface area contributed by atoms with Gasteiger partial charge in [0.15, 0.2) is 0 Å². The molecule has 1 aromatic heterocycles. The van der Waals surface area contributed by atoms with E-state index >= 15 is 0 Å². The van der Waals surface area contributed by atoms with Gasteiger partial charge in [-0.1, -0.05) is 13.3 Å². The van der Waals surface area contributed by atoms with E-state index in [4.69, 9.17) is 14.2 Å². The van der Waals surface area contributed by atoms with Crippen LogP contribution < -0.4 is 9.47 Å². The third-order valence-corrected chi connectivity index (χ3v) is 3.34. The average molecular weight is 291 g/mol. The van der Waals surface area contributed by atoms with Crippen LogP contribution in [0.2, 0.25) is 0 Å². The normalized spacial score (nSPS) is 10.6. The molecule has 1 aromatic carbocycles. The molecule has 114 valence electrons. The van der Waals surface area contributed by atoms with Crippen LogP contribution in [0.3, 0.4) is 0 Å². The van der Waals surface area contributed by atoms with Crippen LogP contribution >= 0.6 is 0 Å². The Balaban J connectivity index is 2.22. The van der Waals surface area contributed by atoms with Gasteiger partial charge in [0.1, 0.15) is 18.0 Å². The lowest BCUT2D eigenvalue weighted by Crippen LogP contribution is -2.13. The second-order valence-electron chi connectivity index (χ2n) is 4.78. The van der Waals surface area contributed by atoms with Crippen molar-refractivity contribution in [2.75, 3.05) is 20.8 Å². The summed E-state index contributed by atoms with van der Waals surface area (Å²) >= 11 is 0. The predicted octanol–water partition coefficient (Wildman–Crippen LogP) is 3.00. The topological polar surface area (TPSA) is 49.7 Å². The van der Waals surface area contributed by atoms with Crippen LogP contribution in [0.5, 0.6) is 11.5 Å². The summed E-state index contributed by atoms with van der Waals surface area (Å²) in [5.41, 5.74) is 0.888. The number of methoxy groups -OCH3 is 2. The molecule has 5 nitrogen and oxygen atoms in total. The lowest BCUT2D eigenvalue weighted by atomic mass is 10.2. The van der Waals surface area contributed by atoms with Crippen LogP contribution in [0.4, 0.5) is 0 Å². The van der Waals surface area contributed by atoms with Gasteiger partial charge >= 0.3 is 5.97 Å². The lowest BCUT2D eigenvalue weighted by Gasteiger charge is -2.09. The Labute approximate surface area is 124 Å². The number of hydrogen-bond donors (Lipinski definition) is 0. The highest BCUT2D eigenvalue weighted by Crippen LogP contribution is 2.31. The van der Waals surface area contributed by atoms with Gasteiger partial charge in [0, 0.05) is 23.7 Å². The monoisotopic (exact) mass is 291 g/mol. The molecule has 0 unspecified atom stereocenters. The Morgan fingerprint density at radius 2 is 2.05 bits per heavy atom. The van der Waals surface area contributed by atoms with Crippen molar-refractivity contribution in [3.63, 3.8) is 0 Å². The largest absolute Gasteiger partial charge is 0.497 e. The molecule has 0 radical (unpaired) electrons. The van der Waals surface area contributed by atoms with Gasteiger partial charge < -0.3 is 18.8 Å². The van der Waals surface area contributed by atoms with Gasteiger partial charge in [0.25, 0.3) is 0 Å². The minimum atomic E-state index is -0.234. The van der Waals surface area contributed by atoms with Crippen molar-refractivity contribution in [2.24, 2.45) is 0 Å². The molecule has 0 aliphatic carbocycles. The smallest absolute Gasteiger partial charge is 0.325 e. The fraction of sp³-hybridized carbons (Fsp3) is 0.438. The lowest BCUT2D eigenvalue weighted by molar-refractivity contribution is -0.144. The van der Waals surface area contributed by atoms with Crippen molar-refractivity contribution >= 4 is 16.9 Å². The first kappa shape index (κ1) is 15.2. The maximum Gasteiger partial charge on any atom is 0.325 e. The van der Waals surface area contributed by atoms with E-state index in [-0.39, 0.29) is 12.5 Å². The van der Waals surface area contributed by atoms with Crippen LogP contribution in [-0.2, 0) is 16.1 Å². The number of aromatic nitrogens is 1. The molecule has 5 heteroatoms. The molecular weight excluding hydrogens is 270 g/mol. The van der Waals surface area contributed by atoms with Crippen molar-refractivity contribution in [3.8, 4) is 11.5 Å². The number of nitrogens with zero attached hydrogens (tertiary/aromatic N) is 1. The summed E-state index contributed by atoms with van der Waals surface area (Å²) in [6.07, 6.45) is 3.75. The van der Waals surface area contributed by atoms with E-state index in [2.05, 4.69) is 6.92 Å². The number of carbonyl (C=O) groups excluding carboxylic acids is 1. The molecule has 0 N–H and O–H groups in total. The molecular formula is C16H21NO4. The van der Waals surface area contributed by atoms with E-state index < -0.39 is 0 Å². The van der Waals surface area contributed by atoms with E-state index in [0.717, 1.165) is 29.5 Å². The SMILES string of the molecule is CCCCOC(=O)Cn1ccc2c(OC)cc(OC)cc21. The number of benzene rings is 1. The molecule has 0 atom stereocenters. The zero-order valence-electron chi connectivity index (χ0n) is 12.7. The highest BCUT2D eigenvalue weighted by atomic mass is 16.5. The zero-order valence-corrected chi connectivity index (χ0v) is 12.7. The highest BCUT2D eigenvalue weighted by molar-refractivity contribution is 5.89. The molecule has 0 saturated carbocycles. The van der Waals surface area contributed by atoms with Crippen LogP contribution in [0.25, 0.3) is 10.9 Å². The fourth-order valence-electron chi connectivity index (χ4n) is 2.18. The van der Waals surface area contributed by atoms with Crippen LogP contribution in [0, 0.1) is 0 Å². The van der Waals surface area contributed by atoms with Gasteiger partial charge in [-0.05, 0) is 12.5 Å². The highest BCUT2D eigenvalue weighted by Gasteiger charge is 2.12. The first-order valence-corrected chi connectivity index (χ1v) is 7.06. The second kappa shape index (κ2) is 7.02. The summed E-state index contributed by atoms with van der Waals surface area (Å²) in [7, 11) is 3.22. The van der Waals surface area contributed by atoms with Crippen LogP contribution in [0.1, 0.15) is 19.8 Å². The van der Waals surface area contributed by atoms with Gasteiger partial charge in [-0.25, -0.2) is 0 Å². The Kier molecular flexibility index (Phi) is 5.09. The summed E-state index contributed by atoms with van der Waals surface area (Å²) in [6, 6.07) is 5.64. The zero-order chi connectivity index (χ0) is 15.2. The van der Waals surface area contributed by atoms with Crippen molar-refractivity contribution < 1.29 is 19.0 Å². The molecule has 2 rings (SSSR count). The fourth-order valence-corrected chi connectivity index (χ4v) is 2.18. The molecule has 0 amide bonds. The molecule has 0 aliphatic heterocycles. The third kappa shape index (κ3) is 3.48. The first-order chi connectivity index (χ1) is 10.2. The summed E-state index contributed by atoms with van der Waals surface area (Å²) in [5.74, 6) is 1.18. The predicted molar refractivity (Wildman–Crippen MR) is 80.9 cm³/mol. The summed E-state index contributed by atoms with van der Waals surface area (Å²) in [4.78, 5) is 11.8. The molecule has 2 aromatic rings. The van der Waals surface area contributed by atoms with Crippen LogP contribution in [-0.4, -0.2) is 31.4 Å². The van der Waals surface area contributed by atoms with E-state index in [1.165, 1.54) is 0 Å². The minimum absolute atomic E-state index is 0.184. The molecule has 0 fully saturated rings. The summed E-state index contributed by atoms with van der Waals surface area (Å²) in [5, 5.41) is 0.944. The van der Waals surface area contributed by atoms with Gasteiger partial charge in [0.2, 0.25) is 0 Å². The Morgan fingerprint density at radius 3 is 2.71 bits per heavy atom. The Bertz CT molecular complexity index is 618. The molecule has 1 heterocycles. The number of rotatable bonds is 7. The Morgan fingerprint density at radius 1 is 1.24 bits per heavy atom. The van der Waals surface area contributed by atoms with Crippen LogP contribution in [0.15, 0.2) is 24.4 Å². The van der Waals surface area contributed by atoms with Gasteiger partial charge in [-0.3, -0.25) is 4.79 Å². The Hall–Kier alpha value is -2.17. The van der Waals surface area contributed by atoms with Crippen molar-refractivity contribution in [1.29, 1.82) is 0 Å². The minimum Gasteiger partial charge on any atom is -0.497 e. The van der Waals surface area contributed by atoms with E-state index in [0.29, 0.717) is 12.4 Å². The van der Waals surface area contributed by atoms with Gasteiger partial charge in [-0.2, -0.15) is 0 Å². The number of carbonyl (C=O) groups is 1. The molecule has 0 bridgehead atoms. The van der Waals surface area contributed by atoms with Crippen molar-refractivity contribution in [2.45, 2.75) is 26.3 Å². The van der Waals surface area contributed by atoms with Crippen molar-refractivity contribution in [3.05, 3.63) is 24.4 Å². The van der Waals surface area contributed by atoms with Crippen molar-refractivity contribution in [1.82, 2.24) is 4.57 Å². The first-order valence-electron chi connectivity index (χ1n) is 7.06. The molecule has 0 saturated heterocycles. The molecule has 0 spiro atoms. The third-order valence-electron chi connectivity index (χ3n) is 3.34. The number of unbranched alkanes of at least 4 members (excludes halogenated alkanes) is 1. The van der Waals surface area contributed by atoms with Gasteiger partial charge in [0.05, 0.1) is 26.3 Å². The molecule has 0 aliphatic rings. The number of fused-ring (bicyclic) bond motifs is 1. The standard InChI is InChI=1S/C16H21NO4/c1-4-5-8-21-16(18)11-17-7-6-13-14(17)9-12(19-2)10-15(13)20-3/h6-7,9-10H,4-5,8,11H2,1-3H3. The summed E-state index contributed by atoms with van der Waals surface area (Å²) < 4.78 is 17.7. The maximum atomic E-state index is 11.8.